The fourth-order valence-electron chi connectivity index (χ4n) is 3.46. The summed E-state index contributed by atoms with van der Waals surface area (Å²) in [5, 5.41) is 13.2. The van der Waals surface area contributed by atoms with E-state index >= 15 is 0 Å². The van der Waals surface area contributed by atoms with Gasteiger partial charge in [-0.25, -0.2) is 4.79 Å². The number of hydrogen-bond acceptors (Lipinski definition) is 3. The lowest BCUT2D eigenvalue weighted by Crippen LogP contribution is -2.28. The summed E-state index contributed by atoms with van der Waals surface area (Å²) in [5.74, 6) is 0.611. The third-order valence-electron chi connectivity index (χ3n) is 4.80. The van der Waals surface area contributed by atoms with Gasteiger partial charge in [-0.3, -0.25) is 5.32 Å². The van der Waals surface area contributed by atoms with Crippen LogP contribution >= 0.6 is 0 Å². The number of carbonyl (C=O) groups excluding carboxylic acids is 1. The number of nitrogens with zero attached hydrogens (tertiary/aromatic N) is 2. The first-order valence-electron chi connectivity index (χ1n) is 10.1. The molecule has 0 saturated heterocycles. The summed E-state index contributed by atoms with van der Waals surface area (Å²) < 4.78 is 7.45. The third kappa shape index (κ3) is 5.23. The average molecular weight is 414 g/mol. The number of carbonyl (C=O) groups is 1. The number of aromatic nitrogens is 1. The molecule has 0 unspecified atom stereocenters. The van der Waals surface area contributed by atoms with Gasteiger partial charge in [0.15, 0.2) is 0 Å². The topological polar surface area (TPSA) is 67.1 Å². The van der Waals surface area contributed by atoms with E-state index in [0.717, 1.165) is 27.6 Å². The van der Waals surface area contributed by atoms with E-state index in [1.54, 1.807) is 12.1 Å². The van der Waals surface area contributed by atoms with E-state index in [9.17, 15) is 10.1 Å². The molecule has 0 aliphatic carbocycles. The van der Waals surface area contributed by atoms with Crippen LogP contribution in [0.5, 0.6) is 0 Å². The molecule has 1 heterocycles. The maximum atomic E-state index is 12.5. The number of hydrogen-bond donors (Lipinski definition) is 1. The molecule has 0 aliphatic rings. The van der Waals surface area contributed by atoms with Gasteiger partial charge in [0.1, 0.15) is 11.4 Å². The third-order valence-corrected chi connectivity index (χ3v) is 4.80. The van der Waals surface area contributed by atoms with Crippen LogP contribution < -0.4 is 5.32 Å². The molecule has 5 nitrogen and oxygen atoms in total. The quantitative estimate of drug-likeness (QED) is 0.491. The van der Waals surface area contributed by atoms with Crippen molar-refractivity contribution in [2.75, 3.05) is 5.32 Å². The molecule has 31 heavy (non-hydrogen) atoms. The highest BCUT2D eigenvalue weighted by molar-refractivity contribution is 5.92. The van der Waals surface area contributed by atoms with Gasteiger partial charge in [0.2, 0.25) is 0 Å². The number of ether oxygens (including phenoxy) is 1. The maximum Gasteiger partial charge on any atom is 0.413 e. The van der Waals surface area contributed by atoms with Crippen LogP contribution in [0.1, 0.15) is 43.0 Å². The van der Waals surface area contributed by atoms with Crippen molar-refractivity contribution in [3.63, 3.8) is 0 Å². The van der Waals surface area contributed by atoms with Crippen LogP contribution in [0.4, 0.5) is 10.6 Å². The van der Waals surface area contributed by atoms with E-state index in [1.165, 1.54) is 0 Å². The molecule has 0 aliphatic heterocycles. The molecule has 158 valence electrons. The zero-order valence-electron chi connectivity index (χ0n) is 18.4. The lowest BCUT2D eigenvalue weighted by molar-refractivity contribution is 0.0635. The minimum absolute atomic E-state index is 0.516. The number of nitriles is 1. The van der Waals surface area contributed by atoms with Crippen molar-refractivity contribution in [1.82, 2.24) is 4.57 Å². The number of fused-ring (bicyclic) bond motifs is 1. The molecular formula is C26H27N3O2. The smallest absolute Gasteiger partial charge is 0.413 e. The summed E-state index contributed by atoms with van der Waals surface area (Å²) >= 11 is 0. The lowest BCUT2D eigenvalue weighted by atomic mass is 10.0. The van der Waals surface area contributed by atoms with Crippen LogP contribution in [-0.2, 0) is 11.3 Å². The monoisotopic (exact) mass is 413 g/mol. The second-order valence-corrected chi connectivity index (χ2v) is 8.37. The van der Waals surface area contributed by atoms with Crippen LogP contribution in [0, 0.1) is 18.3 Å². The van der Waals surface area contributed by atoms with E-state index in [4.69, 9.17) is 4.74 Å². The Bertz CT molecular complexity index is 1200. The van der Waals surface area contributed by atoms with Gasteiger partial charge in [0.25, 0.3) is 0 Å². The van der Waals surface area contributed by atoms with Crippen molar-refractivity contribution >= 4 is 28.9 Å². The van der Waals surface area contributed by atoms with Crippen LogP contribution in [0.2, 0.25) is 0 Å². The highest BCUT2D eigenvalue weighted by Gasteiger charge is 2.19. The molecule has 0 bridgehead atoms. The molecule has 0 radical (unpaired) electrons. The Hall–Kier alpha value is -3.78. The summed E-state index contributed by atoms with van der Waals surface area (Å²) in [7, 11) is 0. The molecule has 1 amide bonds. The van der Waals surface area contributed by atoms with E-state index in [2.05, 4.69) is 37.0 Å². The molecule has 1 aromatic heterocycles. The molecule has 3 aromatic rings. The van der Waals surface area contributed by atoms with Crippen LogP contribution in [0.15, 0.2) is 61.2 Å². The molecule has 0 spiro atoms. The molecule has 0 atom stereocenters. The Kier molecular flexibility index (Phi) is 6.31. The van der Waals surface area contributed by atoms with Crippen molar-refractivity contribution in [3.05, 3.63) is 83.4 Å². The molecule has 0 saturated carbocycles. The highest BCUT2D eigenvalue weighted by atomic mass is 16.6. The Morgan fingerprint density at radius 3 is 2.71 bits per heavy atom. The van der Waals surface area contributed by atoms with Crippen LogP contribution in [0.25, 0.3) is 17.0 Å². The van der Waals surface area contributed by atoms with Crippen LogP contribution in [-0.4, -0.2) is 16.3 Å². The number of allylic oxidation sites excluding steroid dienone is 2. The number of anilines is 1. The summed E-state index contributed by atoms with van der Waals surface area (Å²) in [6.45, 7) is 11.8. The van der Waals surface area contributed by atoms with E-state index < -0.39 is 11.7 Å². The number of aryl methyl sites for hydroxylation is 1. The minimum atomic E-state index is -0.603. The Balaban J connectivity index is 2.11. The molecule has 1 N–H and O–H groups in total. The molecule has 2 aromatic carbocycles. The molecule has 3 rings (SSSR count). The summed E-state index contributed by atoms with van der Waals surface area (Å²) in [5.41, 5.74) is 4.16. The fourth-order valence-corrected chi connectivity index (χ4v) is 3.46. The van der Waals surface area contributed by atoms with Crippen molar-refractivity contribution in [1.29, 1.82) is 5.26 Å². The Labute approximate surface area is 183 Å². The lowest BCUT2D eigenvalue weighted by Gasteiger charge is -2.20. The first-order chi connectivity index (χ1) is 14.7. The van der Waals surface area contributed by atoms with Gasteiger partial charge in [-0.1, -0.05) is 49.1 Å². The standard InChI is InChI=1S/C26H27N3O2/c1-6-7-11-22-18(2)9-8-10-21(22)17-29-23-14-19(16-27)12-13-20(23)15-24(29)28-25(30)31-26(3,4)5/h6-15H,1,17H2,2-5H3,(H,28,30)/b11-7-. The Morgan fingerprint density at radius 1 is 1.26 bits per heavy atom. The SMILES string of the molecule is C=C/C=C\c1c(C)cccc1Cn1c(NC(=O)OC(C)(C)C)cc2ccc(C#N)cc21. The maximum absolute atomic E-state index is 12.5. The van der Waals surface area contributed by atoms with Gasteiger partial charge in [0.05, 0.1) is 23.7 Å². The first-order valence-corrected chi connectivity index (χ1v) is 10.1. The van der Waals surface area contributed by atoms with Gasteiger partial charge in [-0.05, 0) is 62.6 Å². The van der Waals surface area contributed by atoms with E-state index in [1.807, 2.05) is 61.8 Å². The predicted molar refractivity (Wildman–Crippen MR) is 126 cm³/mol. The van der Waals surface area contributed by atoms with Gasteiger partial charge < -0.3 is 9.30 Å². The summed E-state index contributed by atoms with van der Waals surface area (Å²) in [6, 6.07) is 15.7. The normalized spacial score (nSPS) is 11.5. The van der Waals surface area contributed by atoms with Crippen molar-refractivity contribution in [3.8, 4) is 6.07 Å². The first kappa shape index (κ1) is 21.9. The minimum Gasteiger partial charge on any atom is -0.444 e. The summed E-state index contributed by atoms with van der Waals surface area (Å²) in [6.07, 6.45) is 5.17. The van der Waals surface area contributed by atoms with Gasteiger partial charge in [-0.2, -0.15) is 5.26 Å². The van der Waals surface area contributed by atoms with Crippen LogP contribution in [0.3, 0.4) is 0 Å². The largest absolute Gasteiger partial charge is 0.444 e. The molecule has 5 heteroatoms. The molecule has 0 fully saturated rings. The summed E-state index contributed by atoms with van der Waals surface area (Å²) in [4.78, 5) is 12.5. The van der Waals surface area contributed by atoms with E-state index in [-0.39, 0.29) is 0 Å². The zero-order chi connectivity index (χ0) is 22.6. The van der Waals surface area contributed by atoms with Crippen molar-refractivity contribution < 1.29 is 9.53 Å². The number of rotatable bonds is 5. The average Bonchev–Trinajstić information content (AvgIpc) is 3.02. The molecular weight excluding hydrogens is 386 g/mol. The van der Waals surface area contributed by atoms with Gasteiger partial charge in [-0.15, -0.1) is 0 Å². The highest BCUT2D eigenvalue weighted by Crippen LogP contribution is 2.28. The van der Waals surface area contributed by atoms with E-state index in [0.29, 0.717) is 17.9 Å². The van der Waals surface area contributed by atoms with Gasteiger partial charge in [0, 0.05) is 5.39 Å². The second-order valence-electron chi connectivity index (χ2n) is 8.37. The number of benzene rings is 2. The second kappa shape index (κ2) is 8.93. The van der Waals surface area contributed by atoms with Crippen molar-refractivity contribution in [2.45, 2.75) is 39.8 Å². The zero-order valence-corrected chi connectivity index (χ0v) is 18.4. The number of amides is 1. The predicted octanol–water partition coefficient (Wildman–Crippen LogP) is 6.42. The fraction of sp³-hybridized carbons (Fsp3) is 0.231. The van der Waals surface area contributed by atoms with Crippen molar-refractivity contribution in [2.24, 2.45) is 0 Å². The number of nitrogens with one attached hydrogen (secondary N) is 1. The van der Waals surface area contributed by atoms with Gasteiger partial charge >= 0.3 is 6.09 Å². The Morgan fingerprint density at radius 2 is 2.03 bits per heavy atom.